The molecule has 180 valence electrons. The lowest BCUT2D eigenvalue weighted by Gasteiger charge is -2.15. The van der Waals surface area contributed by atoms with Crippen LogP contribution in [0.1, 0.15) is 11.1 Å². The van der Waals surface area contributed by atoms with E-state index in [4.69, 9.17) is 9.11 Å². The summed E-state index contributed by atoms with van der Waals surface area (Å²) in [6, 6.07) is 9.28. The number of nitrogens with zero attached hydrogens (tertiary/aromatic N) is 5. The summed E-state index contributed by atoms with van der Waals surface area (Å²) in [4.78, 5) is 4.24. The second-order valence-electron chi connectivity index (χ2n) is 6.90. The Hall–Kier alpha value is -3.23. The zero-order valence-corrected chi connectivity index (χ0v) is 20.1. The molecule has 2 heterocycles. The maximum Gasteiger partial charge on any atom is 0.266 e. The SMILES string of the molecule is Cc1c(C#N)c(NCCS(=O)(=O)O)nc(NCCS(=O)(=O)O)c1/N=N/c1snc2ccccc12. The fourth-order valence-electron chi connectivity index (χ4n) is 2.84. The first-order chi connectivity index (χ1) is 16.0. The molecule has 0 saturated carbocycles. The minimum Gasteiger partial charge on any atom is -0.368 e. The van der Waals surface area contributed by atoms with E-state index in [1.165, 1.54) is 0 Å². The fraction of sp³-hybridized carbons (Fsp3) is 0.278. The predicted octanol–water partition coefficient (Wildman–Crippen LogP) is 2.89. The lowest BCUT2D eigenvalue weighted by atomic mass is 10.1. The molecule has 0 spiro atoms. The Morgan fingerprint density at radius 1 is 1.03 bits per heavy atom. The summed E-state index contributed by atoms with van der Waals surface area (Å²) in [5.41, 5.74) is 1.26. The average Bonchev–Trinajstić information content (AvgIpc) is 3.15. The van der Waals surface area contributed by atoms with Crippen molar-refractivity contribution in [2.75, 3.05) is 35.2 Å². The van der Waals surface area contributed by atoms with Crippen molar-refractivity contribution in [1.29, 1.82) is 5.26 Å². The number of anilines is 2. The van der Waals surface area contributed by atoms with E-state index in [-0.39, 0.29) is 36.0 Å². The van der Waals surface area contributed by atoms with Crippen LogP contribution in [-0.4, -0.2) is 59.9 Å². The zero-order valence-electron chi connectivity index (χ0n) is 17.6. The maximum atomic E-state index is 11.1. The molecule has 0 unspecified atom stereocenters. The normalized spacial score (nSPS) is 12.2. The largest absolute Gasteiger partial charge is 0.368 e. The quantitative estimate of drug-likeness (QED) is 0.223. The van der Waals surface area contributed by atoms with Crippen LogP contribution in [0.5, 0.6) is 0 Å². The molecule has 0 amide bonds. The second kappa shape index (κ2) is 10.4. The third-order valence-electron chi connectivity index (χ3n) is 4.44. The minimum atomic E-state index is -4.26. The van der Waals surface area contributed by atoms with E-state index in [1.54, 1.807) is 6.92 Å². The van der Waals surface area contributed by atoms with E-state index in [9.17, 15) is 22.1 Å². The molecule has 0 aliphatic carbocycles. The van der Waals surface area contributed by atoms with E-state index in [0.29, 0.717) is 10.6 Å². The molecule has 0 radical (unpaired) electrons. The molecule has 3 rings (SSSR count). The van der Waals surface area contributed by atoms with Gasteiger partial charge in [-0.05, 0) is 30.6 Å². The zero-order chi connectivity index (χ0) is 24.9. The van der Waals surface area contributed by atoms with Crippen molar-refractivity contribution >= 4 is 65.0 Å². The molecule has 34 heavy (non-hydrogen) atoms. The van der Waals surface area contributed by atoms with Gasteiger partial charge in [-0.1, -0.05) is 12.1 Å². The lowest BCUT2D eigenvalue weighted by molar-refractivity contribution is 0.481. The van der Waals surface area contributed by atoms with Crippen molar-refractivity contribution in [3.05, 3.63) is 35.4 Å². The summed E-state index contributed by atoms with van der Waals surface area (Å²) >= 11 is 1.12. The molecule has 13 nitrogen and oxygen atoms in total. The Balaban J connectivity index is 2.01. The van der Waals surface area contributed by atoms with Gasteiger partial charge < -0.3 is 10.6 Å². The summed E-state index contributed by atoms with van der Waals surface area (Å²) in [5, 5.41) is 24.8. The Morgan fingerprint density at radius 2 is 1.65 bits per heavy atom. The first-order valence-electron chi connectivity index (χ1n) is 9.57. The van der Waals surface area contributed by atoms with Crippen molar-refractivity contribution in [3.8, 4) is 6.07 Å². The molecule has 0 saturated heterocycles. The van der Waals surface area contributed by atoms with Gasteiger partial charge in [0.15, 0.2) is 10.8 Å². The number of fused-ring (bicyclic) bond motifs is 1. The molecule has 1 aromatic carbocycles. The van der Waals surface area contributed by atoms with Gasteiger partial charge in [-0.3, -0.25) is 9.11 Å². The first kappa shape index (κ1) is 25.4. The highest BCUT2D eigenvalue weighted by Gasteiger charge is 2.19. The Morgan fingerprint density at radius 3 is 2.26 bits per heavy atom. The molecule has 0 aliphatic rings. The number of benzene rings is 1. The van der Waals surface area contributed by atoms with E-state index in [2.05, 4.69) is 30.2 Å². The number of pyridine rings is 1. The van der Waals surface area contributed by atoms with Gasteiger partial charge in [0.1, 0.15) is 17.6 Å². The Labute approximate surface area is 199 Å². The van der Waals surface area contributed by atoms with Gasteiger partial charge in [-0.15, -0.1) is 10.2 Å². The van der Waals surface area contributed by atoms with E-state index < -0.39 is 31.7 Å². The molecule has 0 aliphatic heterocycles. The van der Waals surface area contributed by atoms with Crippen LogP contribution in [0.4, 0.5) is 22.3 Å². The molecule has 2 aromatic heterocycles. The summed E-state index contributed by atoms with van der Waals surface area (Å²) in [6.45, 7) is 1.10. The standard InChI is InChI=1S/C18H19N7O6S3/c1-11-13(10-19)16(20-6-8-33(26,27)28)22-17(21-7-9-34(29,30)31)15(11)23-24-18-12-4-2-3-5-14(12)25-32-18/h2-5H,6-9H2,1H3,(H2,20,21,22)(H,26,27,28)(H,29,30,31)/b24-23+. The molecule has 16 heteroatoms. The fourth-order valence-corrected chi connectivity index (χ4v) is 4.26. The van der Waals surface area contributed by atoms with Gasteiger partial charge >= 0.3 is 0 Å². The number of hydrogen-bond acceptors (Lipinski definition) is 12. The van der Waals surface area contributed by atoms with Gasteiger partial charge in [0.05, 0.1) is 22.6 Å². The summed E-state index contributed by atoms with van der Waals surface area (Å²) in [6.07, 6.45) is 0. The molecule has 3 aromatic rings. The number of nitriles is 1. The van der Waals surface area contributed by atoms with Crippen LogP contribution >= 0.6 is 11.5 Å². The predicted molar refractivity (Wildman–Crippen MR) is 127 cm³/mol. The summed E-state index contributed by atoms with van der Waals surface area (Å²) in [7, 11) is -8.50. The van der Waals surface area contributed by atoms with Crippen molar-refractivity contribution in [1.82, 2.24) is 9.36 Å². The van der Waals surface area contributed by atoms with Crippen LogP contribution < -0.4 is 10.6 Å². The molecule has 0 atom stereocenters. The Bertz CT molecular complexity index is 1490. The van der Waals surface area contributed by atoms with Gasteiger partial charge in [0.25, 0.3) is 20.2 Å². The van der Waals surface area contributed by atoms with Crippen molar-refractivity contribution < 1.29 is 25.9 Å². The first-order valence-corrected chi connectivity index (χ1v) is 13.6. The van der Waals surface area contributed by atoms with E-state index in [1.807, 2.05) is 30.3 Å². The number of rotatable bonds is 10. The van der Waals surface area contributed by atoms with Crippen molar-refractivity contribution in [3.63, 3.8) is 0 Å². The lowest BCUT2D eigenvalue weighted by Crippen LogP contribution is -2.18. The Kier molecular flexibility index (Phi) is 7.74. The highest BCUT2D eigenvalue weighted by Crippen LogP contribution is 2.37. The summed E-state index contributed by atoms with van der Waals surface area (Å²) < 4.78 is 66.4. The van der Waals surface area contributed by atoms with Crippen LogP contribution in [0.3, 0.4) is 0 Å². The third-order valence-corrected chi connectivity index (χ3v) is 6.64. The number of aromatic nitrogens is 2. The minimum absolute atomic E-state index is 0.000181. The number of nitrogens with one attached hydrogen (secondary N) is 2. The monoisotopic (exact) mass is 525 g/mol. The molecule has 0 fully saturated rings. The highest BCUT2D eigenvalue weighted by molar-refractivity contribution is 7.86. The molecule has 4 N–H and O–H groups in total. The maximum absolute atomic E-state index is 11.1. The molecule has 0 bridgehead atoms. The van der Waals surface area contributed by atoms with Crippen LogP contribution in [-0.2, 0) is 20.2 Å². The van der Waals surface area contributed by atoms with Gasteiger partial charge in [0, 0.05) is 24.0 Å². The molecular weight excluding hydrogens is 506 g/mol. The third kappa shape index (κ3) is 6.65. The highest BCUT2D eigenvalue weighted by atomic mass is 32.2. The van der Waals surface area contributed by atoms with Crippen LogP contribution in [0.15, 0.2) is 34.5 Å². The van der Waals surface area contributed by atoms with Gasteiger partial charge in [-0.2, -0.15) is 26.5 Å². The number of azo groups is 1. The smallest absolute Gasteiger partial charge is 0.266 e. The van der Waals surface area contributed by atoms with Crippen molar-refractivity contribution in [2.24, 2.45) is 10.2 Å². The average molecular weight is 526 g/mol. The second-order valence-corrected chi connectivity index (χ2v) is 10.8. The molecular formula is C18H19N7O6S3. The van der Waals surface area contributed by atoms with Gasteiger partial charge in [0.2, 0.25) is 0 Å². The topological polar surface area (TPSA) is 207 Å². The van der Waals surface area contributed by atoms with E-state index in [0.717, 1.165) is 22.4 Å². The summed E-state index contributed by atoms with van der Waals surface area (Å²) in [5.74, 6) is -1.19. The van der Waals surface area contributed by atoms with Crippen molar-refractivity contribution in [2.45, 2.75) is 6.92 Å². The van der Waals surface area contributed by atoms with Gasteiger partial charge in [-0.25, -0.2) is 4.98 Å². The van der Waals surface area contributed by atoms with E-state index >= 15 is 0 Å². The van der Waals surface area contributed by atoms with Crippen LogP contribution in [0, 0.1) is 18.3 Å². The van der Waals surface area contributed by atoms with Crippen LogP contribution in [0.25, 0.3) is 10.9 Å². The van der Waals surface area contributed by atoms with Crippen LogP contribution in [0.2, 0.25) is 0 Å². The number of hydrogen-bond donors (Lipinski definition) is 4.